The molecule has 0 saturated heterocycles. The molecule has 0 N–H and O–H groups in total. The van der Waals surface area contributed by atoms with Gasteiger partial charge in [-0.15, -0.1) is 0 Å². The molecule has 8 nitrogen and oxygen atoms in total. The van der Waals surface area contributed by atoms with Gasteiger partial charge < -0.3 is 28.1 Å². The third-order valence-corrected chi connectivity index (χ3v) is 17.4. The van der Waals surface area contributed by atoms with Crippen molar-refractivity contribution in [1.82, 2.24) is 9.97 Å². The molecule has 17 aromatic rings. The number of aromatic nitrogens is 2. The maximum atomic E-state index is 6.87. The Hall–Kier alpha value is -11.5. The molecule has 0 atom stereocenters. The molecule has 0 amide bonds. The van der Waals surface area contributed by atoms with Crippen molar-refractivity contribution < 1.29 is 18.3 Å². The van der Waals surface area contributed by atoms with Gasteiger partial charge in [0, 0.05) is 75.4 Å². The lowest BCUT2D eigenvalue weighted by Gasteiger charge is -2.33. The van der Waals surface area contributed by atoms with Crippen LogP contribution in [0.5, 0.6) is 23.0 Å². The Labute approximate surface area is 478 Å². The van der Waals surface area contributed by atoms with Gasteiger partial charge in [-0.25, -0.2) is 0 Å². The van der Waals surface area contributed by atoms with Crippen molar-refractivity contribution in [1.29, 1.82) is 0 Å². The van der Waals surface area contributed by atoms with Crippen molar-refractivity contribution >= 4 is 143 Å². The van der Waals surface area contributed by atoms with Gasteiger partial charge in [-0.1, -0.05) is 91.0 Å². The molecule has 390 valence electrons. The summed E-state index contributed by atoms with van der Waals surface area (Å²) in [6.45, 7) is 0. The van der Waals surface area contributed by atoms with Crippen molar-refractivity contribution in [3.63, 3.8) is 0 Å². The predicted molar refractivity (Wildman–Crippen MR) is 342 cm³/mol. The summed E-state index contributed by atoms with van der Waals surface area (Å²) >= 11 is 0. The molecule has 13 aromatic carbocycles. The minimum absolute atomic E-state index is 0.744. The number of rotatable bonds is 4. The van der Waals surface area contributed by atoms with E-state index in [1.807, 2.05) is 55.1 Å². The van der Waals surface area contributed by atoms with Crippen LogP contribution in [0.1, 0.15) is 0 Å². The number of furan rings is 2. The molecular formula is C76H42N4O4. The van der Waals surface area contributed by atoms with Crippen LogP contribution in [-0.2, 0) is 0 Å². The molecule has 2 aliphatic rings. The van der Waals surface area contributed by atoms with E-state index in [1.165, 1.54) is 21.5 Å². The second kappa shape index (κ2) is 17.0. The van der Waals surface area contributed by atoms with Gasteiger partial charge in [0.05, 0.1) is 22.7 Å². The first-order chi connectivity index (χ1) is 41.6. The molecule has 0 saturated carbocycles. The number of nitrogens with zero attached hydrogens (tertiary/aromatic N) is 4. The Kier molecular flexibility index (Phi) is 9.18. The summed E-state index contributed by atoms with van der Waals surface area (Å²) in [5.74, 6) is 3.02. The molecule has 0 aliphatic carbocycles. The lowest BCUT2D eigenvalue weighted by atomic mass is 9.86. The fourth-order valence-electron chi connectivity index (χ4n) is 13.6. The highest BCUT2D eigenvalue weighted by molar-refractivity contribution is 6.23. The molecule has 0 spiro atoms. The summed E-state index contributed by atoms with van der Waals surface area (Å²) in [7, 11) is 0. The Morgan fingerprint density at radius 1 is 0.262 bits per heavy atom. The number of para-hydroxylation sites is 4. The molecule has 0 bridgehead atoms. The van der Waals surface area contributed by atoms with Crippen LogP contribution < -0.4 is 19.3 Å². The molecular weight excluding hydrogens is 1030 g/mol. The Balaban J connectivity index is 0.817. The summed E-state index contributed by atoms with van der Waals surface area (Å²) in [5, 5.41) is 17.8. The van der Waals surface area contributed by atoms with Crippen molar-refractivity contribution in [3.8, 4) is 45.3 Å². The number of ether oxygens (including phenoxy) is 2. The largest absolute Gasteiger partial charge is 0.456 e. The molecule has 2 aliphatic heterocycles. The van der Waals surface area contributed by atoms with Gasteiger partial charge in [0.2, 0.25) is 0 Å². The fraction of sp³-hybridized carbons (Fsp3) is 0. The molecule has 0 radical (unpaired) electrons. The zero-order valence-electron chi connectivity index (χ0n) is 44.7. The average molecular weight is 1080 g/mol. The summed E-state index contributed by atoms with van der Waals surface area (Å²) in [5.41, 5.74) is 13.0. The van der Waals surface area contributed by atoms with E-state index in [1.54, 1.807) is 0 Å². The van der Waals surface area contributed by atoms with Crippen LogP contribution in [0.2, 0.25) is 0 Å². The predicted octanol–water partition coefficient (Wildman–Crippen LogP) is 21.7. The number of anilines is 6. The Bertz CT molecular complexity index is 5360. The van der Waals surface area contributed by atoms with Gasteiger partial charge in [0.25, 0.3) is 0 Å². The van der Waals surface area contributed by atoms with Crippen molar-refractivity contribution in [2.45, 2.75) is 0 Å². The third-order valence-electron chi connectivity index (χ3n) is 17.4. The van der Waals surface area contributed by atoms with Crippen LogP contribution >= 0.6 is 0 Å². The van der Waals surface area contributed by atoms with Crippen molar-refractivity contribution in [2.24, 2.45) is 0 Å². The highest BCUT2D eigenvalue weighted by atomic mass is 16.5. The normalized spacial score (nSPS) is 12.9. The number of pyridine rings is 2. The van der Waals surface area contributed by atoms with Gasteiger partial charge in [0.1, 0.15) is 22.3 Å². The van der Waals surface area contributed by atoms with Crippen LogP contribution in [-0.4, -0.2) is 9.97 Å². The number of fused-ring (bicyclic) bond motifs is 16. The van der Waals surface area contributed by atoms with E-state index in [4.69, 9.17) is 23.3 Å². The minimum Gasteiger partial charge on any atom is -0.456 e. The summed E-state index contributed by atoms with van der Waals surface area (Å²) in [4.78, 5) is 13.9. The Morgan fingerprint density at radius 2 is 0.702 bits per heavy atom. The second-order valence-corrected chi connectivity index (χ2v) is 22.1. The number of hydrogen-bond donors (Lipinski definition) is 0. The monoisotopic (exact) mass is 1070 g/mol. The second-order valence-electron chi connectivity index (χ2n) is 22.1. The van der Waals surface area contributed by atoms with Crippen LogP contribution in [0, 0.1) is 0 Å². The van der Waals surface area contributed by atoms with Crippen LogP contribution in [0.25, 0.3) is 131 Å². The summed E-state index contributed by atoms with van der Waals surface area (Å²) in [6, 6.07) is 82.1. The molecule has 6 heterocycles. The molecule has 8 heteroatoms. The SMILES string of the molecule is c1cncc(-c2c3ccc(N4c5ccccc5Oc5cc6c(cc54)oc4cc5cc7ccccc7cc5cc46)cc3c(-c3ccncc3)c3ccc(N4c5ccccc5Oc5cc6c(cc54)oc4cc5cc7ccccc7cc5cc46)cc23)c1. The van der Waals surface area contributed by atoms with E-state index >= 15 is 0 Å². The first-order valence-electron chi connectivity index (χ1n) is 28.2. The maximum Gasteiger partial charge on any atom is 0.152 e. The molecule has 19 rings (SSSR count). The lowest BCUT2D eigenvalue weighted by molar-refractivity contribution is 0.477. The number of benzene rings is 13. The highest BCUT2D eigenvalue weighted by Gasteiger charge is 2.31. The minimum atomic E-state index is 0.744. The zero-order valence-corrected chi connectivity index (χ0v) is 44.7. The van der Waals surface area contributed by atoms with E-state index in [0.717, 1.165) is 166 Å². The average Bonchev–Trinajstić information content (AvgIpc) is 1.78. The lowest BCUT2D eigenvalue weighted by Crippen LogP contribution is -2.16. The highest BCUT2D eigenvalue weighted by Crippen LogP contribution is 2.57. The Morgan fingerprint density at radius 3 is 1.19 bits per heavy atom. The third kappa shape index (κ3) is 6.64. The van der Waals surface area contributed by atoms with Crippen LogP contribution in [0.3, 0.4) is 0 Å². The standard InChI is InChI=1S/C76H42N4O4/c1-3-12-46-30-51-34-69-57(32-49(51)28-44(46)10-1)59-38-73-65(40-71(59)83-69)79(63-15-5-7-17-67(63)81-73)53-20-22-56-61(36-53)75(43-23-26-77-27-24-43)55-21-19-54(37-62(55)76(56)48-14-9-25-78-42-48)80-64-16-6-8-18-68(64)82-74-39-60-58-33-50-29-45-11-2-4-13-47(45)31-52(50)35-70(58)84-72(60)41-66(74)80/h1-42H. The van der Waals surface area contributed by atoms with E-state index in [9.17, 15) is 0 Å². The number of hydrogen-bond acceptors (Lipinski definition) is 8. The quantitative estimate of drug-likeness (QED) is 0.161. The summed E-state index contributed by atoms with van der Waals surface area (Å²) in [6.07, 6.45) is 7.57. The van der Waals surface area contributed by atoms with E-state index < -0.39 is 0 Å². The van der Waals surface area contributed by atoms with Crippen LogP contribution in [0.15, 0.2) is 264 Å². The molecule has 0 unspecified atom stereocenters. The maximum absolute atomic E-state index is 6.87. The topological polar surface area (TPSA) is 77.0 Å². The molecule has 84 heavy (non-hydrogen) atoms. The van der Waals surface area contributed by atoms with Gasteiger partial charge in [0.15, 0.2) is 23.0 Å². The van der Waals surface area contributed by atoms with Crippen molar-refractivity contribution in [3.05, 3.63) is 255 Å². The molecule has 0 fully saturated rings. The van der Waals surface area contributed by atoms with Gasteiger partial charge >= 0.3 is 0 Å². The summed E-state index contributed by atoms with van der Waals surface area (Å²) < 4.78 is 27.4. The van der Waals surface area contributed by atoms with Crippen LogP contribution in [0.4, 0.5) is 34.1 Å². The van der Waals surface area contributed by atoms with E-state index in [2.05, 4.69) is 215 Å². The van der Waals surface area contributed by atoms with Gasteiger partial charge in [-0.3, -0.25) is 9.97 Å². The fourth-order valence-corrected chi connectivity index (χ4v) is 13.6. The van der Waals surface area contributed by atoms with E-state index in [0.29, 0.717) is 0 Å². The smallest absolute Gasteiger partial charge is 0.152 e. The first-order valence-corrected chi connectivity index (χ1v) is 28.2. The van der Waals surface area contributed by atoms with E-state index in [-0.39, 0.29) is 0 Å². The first kappa shape index (κ1) is 45.3. The zero-order chi connectivity index (χ0) is 54.7. The van der Waals surface area contributed by atoms with Gasteiger partial charge in [-0.2, -0.15) is 0 Å². The van der Waals surface area contributed by atoms with Gasteiger partial charge in [-0.05, 0) is 209 Å². The van der Waals surface area contributed by atoms with Crippen molar-refractivity contribution in [2.75, 3.05) is 9.80 Å². The molecule has 4 aromatic heterocycles.